The Labute approximate surface area is 521 Å². The van der Waals surface area contributed by atoms with Crippen molar-refractivity contribution in [3.05, 3.63) is 124 Å². The van der Waals surface area contributed by atoms with Crippen LogP contribution >= 0.6 is 0 Å². The largest absolute Gasteiger partial charge is 0.493 e. The number of nitrogens with zero attached hydrogens (tertiary/aromatic N) is 8. The first-order chi connectivity index (χ1) is 43.0. The van der Waals surface area contributed by atoms with Gasteiger partial charge in [-0.1, -0.05) is 38.1 Å². The van der Waals surface area contributed by atoms with Crippen LogP contribution in [0, 0.1) is 21.4 Å². The molecule has 8 heterocycles. The zero-order valence-corrected chi connectivity index (χ0v) is 52.5. The van der Waals surface area contributed by atoms with Crippen molar-refractivity contribution in [3.8, 4) is 11.6 Å². The maximum atomic E-state index is 14.9. The first-order valence-corrected chi connectivity index (χ1v) is 33.6. The van der Waals surface area contributed by atoms with Gasteiger partial charge in [0.15, 0.2) is 11.6 Å². The van der Waals surface area contributed by atoms with Crippen LogP contribution in [0.3, 0.4) is 0 Å². The SMILES string of the molecule is COc1cc(CN2CCN(C3CCC4(CC3)CCN(c3ccc(C(=O)NS(=O)(=O)c5ccc(NC[C@H]6CC[C@](C)(O)CC6)c([N+](=O)[O-])c5)c(N5c6cc7cc[nH]c7nc6O[C@H]6COCC[C@@H]65)c3)CC4)[C@H](c3ccccc3C(C)C)C2)cnc1N1CCOCC1. The average Bonchev–Trinajstić information content (AvgIpc) is 2.10. The second-order valence-corrected chi connectivity index (χ2v) is 28.2. The van der Waals surface area contributed by atoms with E-state index in [1.54, 1.807) is 13.2 Å². The number of nitro benzene ring substituents is 1. The Balaban J connectivity index is 0.733. The summed E-state index contributed by atoms with van der Waals surface area (Å²) in [6.07, 6.45) is 13.3. The van der Waals surface area contributed by atoms with Gasteiger partial charge in [-0.15, -0.1) is 0 Å². The number of rotatable bonds is 16. The Morgan fingerprint density at radius 2 is 1.66 bits per heavy atom. The minimum absolute atomic E-state index is 0.112. The summed E-state index contributed by atoms with van der Waals surface area (Å²) >= 11 is 0. The maximum absolute atomic E-state index is 14.9. The van der Waals surface area contributed by atoms with Crippen LogP contribution in [-0.2, 0) is 26.0 Å². The Kier molecular flexibility index (Phi) is 17.3. The number of aromatic nitrogens is 3. The summed E-state index contributed by atoms with van der Waals surface area (Å²) < 4.78 is 55.1. The van der Waals surface area contributed by atoms with E-state index in [-0.39, 0.29) is 34.7 Å². The smallest absolute Gasteiger partial charge is 0.293 e. The zero-order chi connectivity index (χ0) is 61.6. The van der Waals surface area contributed by atoms with Gasteiger partial charge in [-0.25, -0.2) is 18.1 Å². The number of morpholine rings is 1. The highest BCUT2D eigenvalue weighted by atomic mass is 32.2. The molecule has 1 amide bonds. The molecule has 1 spiro atoms. The second-order valence-electron chi connectivity index (χ2n) is 26.5. The number of hydrogen-bond acceptors (Lipinski definition) is 18. The molecule has 21 nitrogen and oxygen atoms in total. The molecule has 3 aromatic heterocycles. The summed E-state index contributed by atoms with van der Waals surface area (Å²) in [6, 6.07) is 24.9. The highest BCUT2D eigenvalue weighted by Gasteiger charge is 2.45. The molecule has 6 fully saturated rings. The number of methoxy groups -OCH3 is 1. The van der Waals surface area contributed by atoms with Crippen molar-refractivity contribution in [3.63, 3.8) is 0 Å². The Hall–Kier alpha value is -7.08. The monoisotopic (exact) mass is 1240 g/mol. The molecule has 3 atom stereocenters. The molecule has 7 aliphatic rings. The van der Waals surface area contributed by atoms with Crippen LogP contribution in [0.5, 0.6) is 11.6 Å². The summed E-state index contributed by atoms with van der Waals surface area (Å²) in [5.41, 5.74) is 6.03. The number of anilines is 5. The number of sulfonamides is 1. The molecule has 4 N–H and O–H groups in total. The van der Waals surface area contributed by atoms with E-state index in [0.717, 1.165) is 138 Å². The average molecular weight is 1240 g/mol. The van der Waals surface area contributed by atoms with Crippen molar-refractivity contribution < 1.29 is 42.2 Å². The fraction of sp³-hybridized carbons (Fsp3) is 0.537. The van der Waals surface area contributed by atoms with E-state index in [0.29, 0.717) is 87.1 Å². The molecular formula is C67H85N11O10S. The number of aromatic amines is 1. The number of carbonyl (C=O) groups is 1. The van der Waals surface area contributed by atoms with Crippen molar-refractivity contribution in [1.82, 2.24) is 29.5 Å². The Morgan fingerprint density at radius 1 is 0.876 bits per heavy atom. The van der Waals surface area contributed by atoms with Gasteiger partial charge in [0.2, 0.25) is 5.88 Å². The number of piperazine rings is 1. The van der Waals surface area contributed by atoms with Crippen molar-refractivity contribution in [1.29, 1.82) is 0 Å². The first-order valence-electron chi connectivity index (χ1n) is 32.2. The zero-order valence-electron chi connectivity index (χ0n) is 51.7. The van der Waals surface area contributed by atoms with Crippen molar-refractivity contribution in [2.24, 2.45) is 11.3 Å². The van der Waals surface area contributed by atoms with Crippen molar-refractivity contribution in [2.75, 3.05) is 106 Å². The normalized spacial score (nSPS) is 24.5. The highest BCUT2D eigenvalue weighted by Crippen LogP contribution is 2.50. The Bertz CT molecular complexity index is 3660. The summed E-state index contributed by atoms with van der Waals surface area (Å²) in [6.45, 7) is 15.9. The van der Waals surface area contributed by atoms with E-state index < -0.39 is 43.1 Å². The third-order valence-electron chi connectivity index (χ3n) is 20.5. The number of hydrogen-bond donors (Lipinski definition) is 4. The molecule has 0 radical (unpaired) electrons. The van der Waals surface area contributed by atoms with E-state index in [9.17, 15) is 28.4 Å². The van der Waals surface area contributed by atoms with Crippen LogP contribution in [0.15, 0.2) is 96.2 Å². The van der Waals surface area contributed by atoms with Gasteiger partial charge < -0.3 is 49.1 Å². The lowest BCUT2D eigenvalue weighted by molar-refractivity contribution is -0.384. The molecule has 2 aliphatic carbocycles. The summed E-state index contributed by atoms with van der Waals surface area (Å²) in [4.78, 5) is 51.6. The van der Waals surface area contributed by atoms with Gasteiger partial charge >= 0.3 is 0 Å². The lowest BCUT2D eigenvalue weighted by Gasteiger charge is -2.52. The number of carbonyl (C=O) groups excluding carboxylic acids is 1. The number of amides is 1. The number of fused-ring (bicyclic) bond motifs is 3. The van der Waals surface area contributed by atoms with Gasteiger partial charge in [-0.05, 0) is 160 Å². The summed E-state index contributed by atoms with van der Waals surface area (Å²) in [5, 5.41) is 26.9. The van der Waals surface area contributed by atoms with E-state index in [4.69, 9.17) is 28.9 Å². The Morgan fingerprint density at radius 3 is 2.43 bits per heavy atom. The van der Waals surface area contributed by atoms with Crippen LogP contribution < -0.4 is 34.2 Å². The van der Waals surface area contributed by atoms with E-state index in [2.05, 4.69) is 83.7 Å². The van der Waals surface area contributed by atoms with Crippen molar-refractivity contribution in [2.45, 2.75) is 139 Å². The van der Waals surface area contributed by atoms with E-state index in [1.807, 2.05) is 43.6 Å². The molecule has 4 saturated heterocycles. The molecule has 474 valence electrons. The van der Waals surface area contributed by atoms with Crippen molar-refractivity contribution >= 4 is 61.2 Å². The van der Waals surface area contributed by atoms with E-state index in [1.165, 1.54) is 23.3 Å². The highest BCUT2D eigenvalue weighted by molar-refractivity contribution is 7.90. The number of H-pyrrole nitrogens is 1. The predicted molar refractivity (Wildman–Crippen MR) is 342 cm³/mol. The third-order valence-corrected chi connectivity index (χ3v) is 21.9. The van der Waals surface area contributed by atoms with Gasteiger partial charge in [0, 0.05) is 107 Å². The van der Waals surface area contributed by atoms with Gasteiger partial charge in [0.05, 0.1) is 59.6 Å². The molecule has 6 aromatic rings. The topological polar surface area (TPSA) is 233 Å². The van der Waals surface area contributed by atoms with Gasteiger partial charge in [0.1, 0.15) is 23.1 Å². The number of nitrogens with one attached hydrogen (secondary N) is 3. The lowest BCUT2D eigenvalue weighted by atomic mass is 9.66. The van der Waals surface area contributed by atoms with Crippen LogP contribution in [0.25, 0.3) is 11.0 Å². The first kappa shape index (κ1) is 60.8. The van der Waals surface area contributed by atoms with Gasteiger partial charge in [0.25, 0.3) is 21.6 Å². The quantitative estimate of drug-likeness (QED) is 0.0521. The standard InChI is InChI=1S/C67H85N11O10S/c1-44(2)51-7-5-6-8-52(51)59-42-73(41-46-35-60(85-4)63(70-40-46)75-30-33-86-34-31-75)28-29-76(59)48-15-21-67(22-16-48)23-26-74(27-24-67)49-9-11-53(56(37-49)77-55-18-32-87-43-61(55)88-65-58(77)36-47-17-25-68-62(47)71-65)64(79)72-89(83,84)50-10-12-54(57(38-50)78(81)82)69-39-45-13-19-66(3,80)20-14-45/h5-12,17,25,35-38,40,44-45,48,55,59,61,69,80H,13-16,18-24,26-34,39,41-43H2,1-4H3,(H,68,71)(H,72,79)/t45-,55-,59-,61-,66-/m0/s1. The van der Waals surface area contributed by atoms with Crippen LogP contribution in [0.1, 0.15) is 130 Å². The number of piperidine rings is 1. The number of nitro groups is 1. The number of aliphatic hydroxyl groups is 1. The molecule has 2 saturated carbocycles. The number of benzene rings is 3. The number of ether oxygens (including phenoxy) is 4. The third kappa shape index (κ3) is 12.7. The molecule has 0 bridgehead atoms. The summed E-state index contributed by atoms with van der Waals surface area (Å²) in [7, 11) is -2.91. The van der Waals surface area contributed by atoms with E-state index >= 15 is 0 Å². The predicted octanol–water partition coefficient (Wildman–Crippen LogP) is 10.1. The van der Waals surface area contributed by atoms with Gasteiger partial charge in [-0.3, -0.25) is 24.7 Å². The maximum Gasteiger partial charge on any atom is 0.293 e. The van der Waals surface area contributed by atoms with Crippen LogP contribution in [0.4, 0.5) is 34.3 Å². The molecule has 13 rings (SSSR count). The molecule has 22 heteroatoms. The molecule has 3 aromatic carbocycles. The summed E-state index contributed by atoms with van der Waals surface area (Å²) in [5.74, 6) is 1.76. The minimum atomic E-state index is -4.65. The minimum Gasteiger partial charge on any atom is -0.493 e. The number of pyridine rings is 2. The lowest BCUT2D eigenvalue weighted by Crippen LogP contribution is -2.54. The molecule has 5 aliphatic heterocycles. The molecule has 89 heavy (non-hydrogen) atoms. The second kappa shape index (κ2) is 25.3. The fourth-order valence-electron chi connectivity index (χ4n) is 15.4. The van der Waals surface area contributed by atoms with Crippen LogP contribution in [0.2, 0.25) is 0 Å². The van der Waals surface area contributed by atoms with Crippen LogP contribution in [-0.4, -0.2) is 159 Å². The fourth-order valence-corrected chi connectivity index (χ4v) is 16.3. The molecular weight excluding hydrogens is 1150 g/mol. The van der Waals surface area contributed by atoms with Gasteiger partial charge in [-0.2, -0.15) is 4.98 Å². The molecule has 0 unspecified atom stereocenters.